The van der Waals surface area contributed by atoms with E-state index >= 15 is 0 Å². The van der Waals surface area contributed by atoms with Crippen LogP contribution >= 0.6 is 0 Å². The summed E-state index contributed by atoms with van der Waals surface area (Å²) in [5.41, 5.74) is 1.44. The van der Waals surface area contributed by atoms with Gasteiger partial charge in [-0.15, -0.1) is 0 Å². The third-order valence-electron chi connectivity index (χ3n) is 5.96. The van der Waals surface area contributed by atoms with E-state index in [1.54, 1.807) is 46.1 Å². The number of methoxy groups -OCH3 is 1. The number of H-pyrrole nitrogens is 1. The Morgan fingerprint density at radius 2 is 1.80 bits per heavy atom. The first-order chi connectivity index (χ1) is 16.6. The van der Waals surface area contributed by atoms with Gasteiger partial charge in [-0.2, -0.15) is 0 Å². The monoisotopic (exact) mass is 479 g/mol. The Morgan fingerprint density at radius 1 is 1.09 bits per heavy atom. The first-order valence-electron chi connectivity index (χ1n) is 11.4. The maximum absolute atomic E-state index is 13.6. The van der Waals surface area contributed by atoms with Gasteiger partial charge in [0, 0.05) is 29.1 Å². The molecule has 1 aromatic heterocycles. The zero-order valence-corrected chi connectivity index (χ0v) is 20.1. The highest BCUT2D eigenvalue weighted by Gasteiger charge is 2.44. The van der Waals surface area contributed by atoms with Gasteiger partial charge >= 0.3 is 12.1 Å². The third-order valence-corrected chi connectivity index (χ3v) is 5.96. The molecule has 0 saturated carbocycles. The number of likely N-dealkylation sites (tertiary alicyclic amines) is 1. The van der Waals surface area contributed by atoms with Gasteiger partial charge in [0.2, 0.25) is 5.91 Å². The molecular formula is C26H29N3O6. The molecule has 2 amide bonds. The van der Waals surface area contributed by atoms with Crippen LogP contribution in [0.15, 0.2) is 48.5 Å². The predicted octanol–water partition coefficient (Wildman–Crippen LogP) is 4.61. The van der Waals surface area contributed by atoms with Gasteiger partial charge in [-0.1, -0.05) is 12.1 Å². The number of aromatic carboxylic acids is 1. The molecule has 1 fully saturated rings. The molecule has 2 aromatic carbocycles. The van der Waals surface area contributed by atoms with Crippen LogP contribution in [-0.4, -0.2) is 58.3 Å². The Balaban J connectivity index is 1.63. The fourth-order valence-electron chi connectivity index (χ4n) is 4.38. The number of nitrogens with zero attached hydrogens (tertiary/aromatic N) is 1. The fraction of sp³-hybridized carbons (Fsp3) is 0.346. The van der Waals surface area contributed by atoms with E-state index in [-0.39, 0.29) is 17.5 Å². The molecule has 2 heterocycles. The lowest BCUT2D eigenvalue weighted by molar-refractivity contribution is -0.120. The molecular weight excluding hydrogens is 450 g/mol. The van der Waals surface area contributed by atoms with Crippen LogP contribution in [0.2, 0.25) is 0 Å². The van der Waals surface area contributed by atoms with Crippen LogP contribution < -0.4 is 10.1 Å². The van der Waals surface area contributed by atoms with Crippen molar-refractivity contribution in [1.29, 1.82) is 0 Å². The molecule has 0 spiro atoms. The van der Waals surface area contributed by atoms with E-state index < -0.39 is 23.7 Å². The lowest BCUT2D eigenvalue weighted by Gasteiger charge is -2.30. The maximum Gasteiger partial charge on any atom is 0.410 e. The molecule has 3 aromatic rings. The van der Waals surface area contributed by atoms with Gasteiger partial charge in [-0.25, -0.2) is 9.59 Å². The maximum atomic E-state index is 13.6. The van der Waals surface area contributed by atoms with Crippen molar-refractivity contribution in [3.63, 3.8) is 0 Å². The SMILES string of the molecule is COc1ccc([C@H]2CCN(C(=O)OC(C)(C)C)[C@@H]2C(=O)Nc2ccc3[nH]c(C(=O)O)cc3c2)cc1. The van der Waals surface area contributed by atoms with Crippen molar-refractivity contribution in [1.82, 2.24) is 9.88 Å². The van der Waals surface area contributed by atoms with E-state index in [4.69, 9.17) is 9.47 Å². The number of amides is 2. The Bertz CT molecular complexity index is 1260. The van der Waals surface area contributed by atoms with Crippen molar-refractivity contribution in [3.8, 4) is 5.75 Å². The van der Waals surface area contributed by atoms with Gasteiger partial charge in [0.1, 0.15) is 23.1 Å². The number of carboxylic acid groups (broad SMARTS) is 1. The summed E-state index contributed by atoms with van der Waals surface area (Å²) in [5.74, 6) is -0.934. The highest BCUT2D eigenvalue weighted by Crippen LogP contribution is 2.36. The molecule has 0 bridgehead atoms. The zero-order chi connectivity index (χ0) is 25.3. The summed E-state index contributed by atoms with van der Waals surface area (Å²) in [6, 6.07) is 13.3. The largest absolute Gasteiger partial charge is 0.497 e. The van der Waals surface area contributed by atoms with Crippen molar-refractivity contribution in [2.75, 3.05) is 19.0 Å². The topological polar surface area (TPSA) is 121 Å². The van der Waals surface area contributed by atoms with Gasteiger partial charge in [-0.05, 0) is 69.2 Å². The molecule has 4 rings (SSSR count). The number of hydrogen-bond acceptors (Lipinski definition) is 5. The number of rotatable bonds is 5. The van der Waals surface area contributed by atoms with Crippen LogP contribution in [0.5, 0.6) is 5.75 Å². The highest BCUT2D eigenvalue weighted by molar-refractivity contribution is 6.00. The van der Waals surface area contributed by atoms with Crippen molar-refractivity contribution < 1.29 is 29.0 Å². The van der Waals surface area contributed by atoms with E-state index in [9.17, 15) is 19.5 Å². The quantitative estimate of drug-likeness (QED) is 0.492. The van der Waals surface area contributed by atoms with Gasteiger partial charge < -0.3 is 24.9 Å². The van der Waals surface area contributed by atoms with E-state index in [0.717, 1.165) is 5.56 Å². The zero-order valence-electron chi connectivity index (χ0n) is 20.1. The summed E-state index contributed by atoms with van der Waals surface area (Å²) in [7, 11) is 1.59. The van der Waals surface area contributed by atoms with Crippen LogP contribution in [0, 0.1) is 0 Å². The van der Waals surface area contributed by atoms with Crippen molar-refractivity contribution in [2.45, 2.75) is 44.8 Å². The number of fused-ring (bicyclic) bond motifs is 1. The second-order valence-corrected chi connectivity index (χ2v) is 9.57. The van der Waals surface area contributed by atoms with Gasteiger partial charge in [-0.3, -0.25) is 9.69 Å². The standard InChI is InChI=1S/C26H29N3O6/c1-26(2,3)35-25(33)29-12-11-19(15-5-8-18(34-4)9-6-15)22(29)23(30)27-17-7-10-20-16(13-17)14-21(28-20)24(31)32/h5-10,13-14,19,22,28H,11-12H2,1-4H3,(H,27,30)(H,31,32)/t19-,22+/m1/s1. The molecule has 3 N–H and O–H groups in total. The van der Waals surface area contributed by atoms with Crippen LogP contribution in [0.4, 0.5) is 10.5 Å². The van der Waals surface area contributed by atoms with Crippen molar-refractivity contribution in [3.05, 3.63) is 59.8 Å². The summed E-state index contributed by atoms with van der Waals surface area (Å²) in [6.45, 7) is 5.74. The number of aromatic amines is 1. The van der Waals surface area contributed by atoms with E-state index in [0.29, 0.717) is 35.3 Å². The minimum atomic E-state index is -1.06. The van der Waals surface area contributed by atoms with Crippen LogP contribution in [-0.2, 0) is 9.53 Å². The molecule has 1 saturated heterocycles. The Morgan fingerprint density at radius 3 is 2.43 bits per heavy atom. The average molecular weight is 480 g/mol. The van der Waals surface area contributed by atoms with Crippen molar-refractivity contribution >= 4 is 34.6 Å². The summed E-state index contributed by atoms with van der Waals surface area (Å²) in [5, 5.41) is 12.8. The Hall–Kier alpha value is -4.01. The number of carbonyl (C=O) groups excluding carboxylic acids is 2. The molecule has 0 unspecified atom stereocenters. The number of hydrogen-bond donors (Lipinski definition) is 3. The Labute approximate surface area is 203 Å². The number of ether oxygens (including phenoxy) is 2. The highest BCUT2D eigenvalue weighted by atomic mass is 16.6. The molecule has 184 valence electrons. The molecule has 0 radical (unpaired) electrons. The average Bonchev–Trinajstić information content (AvgIpc) is 3.42. The first kappa shape index (κ1) is 24.1. The number of benzene rings is 2. The van der Waals surface area contributed by atoms with Gasteiger partial charge in [0.05, 0.1) is 7.11 Å². The number of carboxylic acids is 1. The molecule has 1 aliphatic heterocycles. The lowest BCUT2D eigenvalue weighted by atomic mass is 9.91. The fourth-order valence-corrected chi connectivity index (χ4v) is 4.38. The predicted molar refractivity (Wildman–Crippen MR) is 131 cm³/mol. The smallest absolute Gasteiger partial charge is 0.410 e. The van der Waals surface area contributed by atoms with E-state index in [2.05, 4.69) is 10.3 Å². The number of carbonyl (C=O) groups is 3. The van der Waals surface area contributed by atoms with Crippen molar-refractivity contribution in [2.24, 2.45) is 0 Å². The minimum absolute atomic E-state index is 0.0648. The summed E-state index contributed by atoms with van der Waals surface area (Å²) < 4.78 is 10.8. The van der Waals surface area contributed by atoms with Crippen LogP contribution in [0.1, 0.15) is 49.2 Å². The molecule has 35 heavy (non-hydrogen) atoms. The molecule has 1 aliphatic rings. The van der Waals surface area contributed by atoms with Gasteiger partial charge in [0.15, 0.2) is 0 Å². The van der Waals surface area contributed by atoms with E-state index in [1.165, 1.54) is 11.0 Å². The van der Waals surface area contributed by atoms with E-state index in [1.807, 2.05) is 24.3 Å². The summed E-state index contributed by atoms with van der Waals surface area (Å²) in [6.07, 6.45) is 0.0588. The normalized spacial score (nSPS) is 17.9. The van der Waals surface area contributed by atoms with Gasteiger partial charge in [0.25, 0.3) is 0 Å². The molecule has 0 aliphatic carbocycles. The minimum Gasteiger partial charge on any atom is -0.497 e. The second kappa shape index (κ2) is 9.32. The molecule has 9 heteroatoms. The first-order valence-corrected chi connectivity index (χ1v) is 11.4. The second-order valence-electron chi connectivity index (χ2n) is 9.57. The third kappa shape index (κ3) is 5.24. The van der Waals surface area contributed by atoms with Crippen LogP contribution in [0.3, 0.4) is 0 Å². The number of anilines is 1. The summed E-state index contributed by atoms with van der Waals surface area (Å²) >= 11 is 0. The molecule has 2 atom stereocenters. The summed E-state index contributed by atoms with van der Waals surface area (Å²) in [4.78, 5) is 42.1. The number of nitrogens with one attached hydrogen (secondary N) is 2. The molecule has 9 nitrogen and oxygen atoms in total. The number of aromatic nitrogens is 1. The van der Waals surface area contributed by atoms with Crippen LogP contribution in [0.25, 0.3) is 10.9 Å². The Kier molecular flexibility index (Phi) is 6.43. The lowest BCUT2D eigenvalue weighted by Crippen LogP contribution is -2.47.